The summed E-state index contributed by atoms with van der Waals surface area (Å²) >= 11 is 5.97. The number of nitrogens with zero attached hydrogens (tertiary/aromatic N) is 2. The van der Waals surface area contributed by atoms with E-state index in [1.54, 1.807) is 0 Å². The first-order chi connectivity index (χ1) is 12.7. The number of ether oxygens (including phenoxy) is 1. The zero-order chi connectivity index (χ0) is 17.9. The molecule has 1 amide bonds. The monoisotopic (exact) mass is 370 g/mol. The molecule has 1 fully saturated rings. The third-order valence-corrected chi connectivity index (χ3v) is 5.49. The second-order valence-electron chi connectivity index (χ2n) is 6.98. The van der Waals surface area contributed by atoms with Crippen molar-refractivity contribution in [1.29, 1.82) is 0 Å². The molecule has 4 rings (SSSR count). The quantitative estimate of drug-likeness (QED) is 0.831. The van der Waals surface area contributed by atoms with Crippen molar-refractivity contribution >= 4 is 17.5 Å². The van der Waals surface area contributed by atoms with Crippen LogP contribution < -0.4 is 0 Å². The standard InChI is InChI=1S/C21H23ClN2O2/c22-19-7-5-17(6-8-19)20-14-23(11-12-26-20)15-21(25)24-10-9-16-3-1-2-4-18(16)13-24/h1-8,20H,9-15H2/t20-/m0/s1. The zero-order valence-corrected chi connectivity index (χ0v) is 15.5. The first-order valence-electron chi connectivity index (χ1n) is 9.13. The number of carbonyl (C=O) groups is 1. The maximum atomic E-state index is 12.8. The number of benzene rings is 2. The van der Waals surface area contributed by atoms with Gasteiger partial charge in [0.2, 0.25) is 5.91 Å². The Morgan fingerprint density at radius 3 is 2.65 bits per heavy atom. The van der Waals surface area contributed by atoms with Crippen LogP contribution in [0.3, 0.4) is 0 Å². The number of hydrogen-bond acceptors (Lipinski definition) is 3. The number of rotatable bonds is 3. The topological polar surface area (TPSA) is 32.8 Å². The summed E-state index contributed by atoms with van der Waals surface area (Å²) in [5.41, 5.74) is 3.75. The molecule has 2 aromatic carbocycles. The van der Waals surface area contributed by atoms with E-state index in [1.165, 1.54) is 11.1 Å². The van der Waals surface area contributed by atoms with Gasteiger partial charge in [-0.25, -0.2) is 0 Å². The number of morpholine rings is 1. The molecule has 0 spiro atoms. The van der Waals surface area contributed by atoms with Gasteiger partial charge < -0.3 is 9.64 Å². The Hall–Kier alpha value is -1.88. The highest BCUT2D eigenvalue weighted by Gasteiger charge is 2.26. The van der Waals surface area contributed by atoms with E-state index in [4.69, 9.17) is 16.3 Å². The first kappa shape index (κ1) is 17.5. The summed E-state index contributed by atoms with van der Waals surface area (Å²) < 4.78 is 5.90. The van der Waals surface area contributed by atoms with Gasteiger partial charge in [-0.05, 0) is 35.2 Å². The largest absolute Gasteiger partial charge is 0.371 e. The van der Waals surface area contributed by atoms with Gasteiger partial charge in [-0.2, -0.15) is 0 Å². The molecule has 2 heterocycles. The Balaban J connectivity index is 1.36. The lowest BCUT2D eigenvalue weighted by atomic mass is 10.00. The van der Waals surface area contributed by atoms with Crippen molar-refractivity contribution in [2.75, 3.05) is 32.8 Å². The van der Waals surface area contributed by atoms with Gasteiger partial charge in [0.1, 0.15) is 0 Å². The maximum Gasteiger partial charge on any atom is 0.237 e. The van der Waals surface area contributed by atoms with E-state index in [2.05, 4.69) is 23.1 Å². The average Bonchev–Trinajstić information content (AvgIpc) is 2.68. The minimum atomic E-state index is -0.00380. The van der Waals surface area contributed by atoms with Gasteiger partial charge in [0.15, 0.2) is 0 Å². The average molecular weight is 371 g/mol. The second-order valence-corrected chi connectivity index (χ2v) is 7.42. The van der Waals surface area contributed by atoms with Crippen molar-refractivity contribution in [2.45, 2.75) is 19.1 Å². The fraction of sp³-hybridized carbons (Fsp3) is 0.381. The van der Waals surface area contributed by atoms with Crippen molar-refractivity contribution in [2.24, 2.45) is 0 Å². The van der Waals surface area contributed by atoms with Crippen molar-refractivity contribution in [3.8, 4) is 0 Å². The van der Waals surface area contributed by atoms with Crippen LogP contribution >= 0.6 is 11.6 Å². The lowest BCUT2D eigenvalue weighted by molar-refractivity contribution is -0.135. The highest BCUT2D eigenvalue weighted by Crippen LogP contribution is 2.24. The van der Waals surface area contributed by atoms with Crippen LogP contribution in [-0.2, 0) is 22.5 Å². The Kier molecular flexibility index (Phi) is 5.25. The Morgan fingerprint density at radius 2 is 1.85 bits per heavy atom. The molecule has 0 radical (unpaired) electrons. The van der Waals surface area contributed by atoms with E-state index in [0.29, 0.717) is 13.2 Å². The molecule has 0 bridgehead atoms. The Bertz CT molecular complexity index is 778. The van der Waals surface area contributed by atoms with Crippen molar-refractivity contribution in [3.05, 3.63) is 70.2 Å². The first-order valence-corrected chi connectivity index (χ1v) is 9.51. The summed E-state index contributed by atoms with van der Waals surface area (Å²) in [6.07, 6.45) is 0.939. The molecule has 0 unspecified atom stereocenters. The molecule has 2 aliphatic heterocycles. The fourth-order valence-corrected chi connectivity index (χ4v) is 3.85. The Labute approximate surface area is 159 Å². The molecule has 26 heavy (non-hydrogen) atoms. The minimum Gasteiger partial charge on any atom is -0.371 e. The van der Waals surface area contributed by atoms with E-state index >= 15 is 0 Å². The summed E-state index contributed by atoms with van der Waals surface area (Å²) in [5.74, 6) is 0.205. The van der Waals surface area contributed by atoms with Gasteiger partial charge in [0.05, 0.1) is 19.3 Å². The minimum absolute atomic E-state index is 0.00380. The highest BCUT2D eigenvalue weighted by atomic mass is 35.5. The van der Waals surface area contributed by atoms with E-state index in [0.717, 1.165) is 43.2 Å². The summed E-state index contributed by atoms with van der Waals surface area (Å²) in [4.78, 5) is 17.0. The number of fused-ring (bicyclic) bond motifs is 1. The number of hydrogen-bond donors (Lipinski definition) is 0. The molecule has 2 aromatic rings. The molecule has 5 heteroatoms. The molecular weight excluding hydrogens is 348 g/mol. The Morgan fingerprint density at radius 1 is 1.08 bits per heavy atom. The predicted molar refractivity (Wildman–Crippen MR) is 102 cm³/mol. The lowest BCUT2D eigenvalue weighted by Gasteiger charge is -2.35. The number of halogens is 1. The zero-order valence-electron chi connectivity index (χ0n) is 14.7. The van der Waals surface area contributed by atoms with Crippen LogP contribution in [0.25, 0.3) is 0 Å². The summed E-state index contributed by atoms with van der Waals surface area (Å²) in [5, 5.41) is 0.724. The molecule has 0 saturated carbocycles. The van der Waals surface area contributed by atoms with Crippen molar-refractivity contribution < 1.29 is 9.53 Å². The van der Waals surface area contributed by atoms with Crippen LogP contribution in [0.1, 0.15) is 22.8 Å². The van der Waals surface area contributed by atoms with Gasteiger partial charge in [-0.3, -0.25) is 9.69 Å². The van der Waals surface area contributed by atoms with E-state index in [-0.39, 0.29) is 12.0 Å². The van der Waals surface area contributed by atoms with Crippen LogP contribution in [0, 0.1) is 0 Å². The fourth-order valence-electron chi connectivity index (χ4n) is 3.73. The predicted octanol–water partition coefficient (Wildman–Crippen LogP) is 3.30. The lowest BCUT2D eigenvalue weighted by Crippen LogP contribution is -2.46. The van der Waals surface area contributed by atoms with E-state index in [1.807, 2.05) is 35.2 Å². The number of amides is 1. The van der Waals surface area contributed by atoms with Crippen LogP contribution in [0.2, 0.25) is 5.02 Å². The van der Waals surface area contributed by atoms with Gasteiger partial charge in [-0.1, -0.05) is 48.0 Å². The van der Waals surface area contributed by atoms with Gasteiger partial charge >= 0.3 is 0 Å². The number of carbonyl (C=O) groups excluding carboxylic acids is 1. The van der Waals surface area contributed by atoms with Gasteiger partial charge in [-0.15, -0.1) is 0 Å². The molecule has 136 valence electrons. The van der Waals surface area contributed by atoms with E-state index < -0.39 is 0 Å². The maximum absolute atomic E-state index is 12.8. The van der Waals surface area contributed by atoms with E-state index in [9.17, 15) is 4.79 Å². The molecule has 4 nitrogen and oxygen atoms in total. The van der Waals surface area contributed by atoms with Gasteiger partial charge in [0.25, 0.3) is 0 Å². The molecule has 0 N–H and O–H groups in total. The molecule has 1 atom stereocenters. The third-order valence-electron chi connectivity index (χ3n) is 5.23. The second kappa shape index (κ2) is 7.78. The van der Waals surface area contributed by atoms with Crippen molar-refractivity contribution in [1.82, 2.24) is 9.80 Å². The van der Waals surface area contributed by atoms with Crippen LogP contribution in [0.15, 0.2) is 48.5 Å². The molecule has 2 aliphatic rings. The van der Waals surface area contributed by atoms with Gasteiger partial charge in [0, 0.05) is 31.2 Å². The SMILES string of the molecule is O=C(CN1CCO[C@H](c2ccc(Cl)cc2)C1)N1CCc2ccccc2C1. The summed E-state index contributed by atoms with van der Waals surface area (Å²) in [6.45, 7) is 4.15. The van der Waals surface area contributed by atoms with Crippen LogP contribution in [-0.4, -0.2) is 48.5 Å². The molecule has 0 aromatic heterocycles. The van der Waals surface area contributed by atoms with Crippen LogP contribution in [0.5, 0.6) is 0 Å². The third kappa shape index (κ3) is 3.93. The normalized spacial score (nSPS) is 20.7. The molecule has 0 aliphatic carbocycles. The van der Waals surface area contributed by atoms with Crippen molar-refractivity contribution in [3.63, 3.8) is 0 Å². The summed E-state index contributed by atoms with van der Waals surface area (Å²) in [7, 11) is 0. The highest BCUT2D eigenvalue weighted by molar-refractivity contribution is 6.30. The van der Waals surface area contributed by atoms with Crippen LogP contribution in [0.4, 0.5) is 0 Å². The molecular formula is C21H23ClN2O2. The smallest absolute Gasteiger partial charge is 0.237 e. The molecule has 1 saturated heterocycles. The summed E-state index contributed by atoms with van der Waals surface area (Å²) in [6, 6.07) is 16.2.